The first-order valence-corrected chi connectivity index (χ1v) is 5.95. The van der Waals surface area contributed by atoms with Gasteiger partial charge in [0.05, 0.1) is 6.61 Å². The molecule has 1 aromatic heterocycles. The van der Waals surface area contributed by atoms with Gasteiger partial charge in [-0.25, -0.2) is 4.98 Å². The Kier molecular flexibility index (Phi) is 5.16. The fourth-order valence-electron chi connectivity index (χ4n) is 1.25. The first kappa shape index (κ1) is 13.7. The summed E-state index contributed by atoms with van der Waals surface area (Å²) >= 11 is 0. The predicted octanol–water partition coefficient (Wildman–Crippen LogP) is 2.92. The molecule has 0 saturated heterocycles. The minimum Gasteiger partial charge on any atom is -0.477 e. The van der Waals surface area contributed by atoms with Gasteiger partial charge in [0.2, 0.25) is 5.88 Å². The van der Waals surface area contributed by atoms with Crippen molar-refractivity contribution in [2.24, 2.45) is 0 Å². The van der Waals surface area contributed by atoms with Crippen LogP contribution in [0.15, 0.2) is 31.0 Å². The van der Waals surface area contributed by atoms with E-state index in [-0.39, 0.29) is 5.54 Å². The molecule has 1 rings (SSSR count). The quantitative estimate of drug-likeness (QED) is 0.607. The molecule has 0 bridgehead atoms. The molecule has 17 heavy (non-hydrogen) atoms. The van der Waals surface area contributed by atoms with Crippen LogP contribution in [0.25, 0.3) is 0 Å². The van der Waals surface area contributed by atoms with Crippen LogP contribution < -0.4 is 10.1 Å². The maximum atomic E-state index is 5.51. The van der Waals surface area contributed by atoms with Gasteiger partial charge in [-0.2, -0.15) is 0 Å². The largest absolute Gasteiger partial charge is 0.477 e. The number of hydrogen-bond acceptors (Lipinski definition) is 3. The maximum Gasteiger partial charge on any atom is 0.213 e. The average Bonchev–Trinajstić information content (AvgIpc) is 2.27. The average molecular weight is 234 g/mol. The van der Waals surface area contributed by atoms with E-state index < -0.39 is 0 Å². The Morgan fingerprint density at radius 2 is 2.24 bits per heavy atom. The summed E-state index contributed by atoms with van der Waals surface area (Å²) in [5.41, 5.74) is 1.30. The van der Waals surface area contributed by atoms with Crippen LogP contribution in [0.1, 0.15) is 32.8 Å². The smallest absolute Gasteiger partial charge is 0.213 e. The van der Waals surface area contributed by atoms with E-state index in [1.807, 2.05) is 18.2 Å². The Labute approximate surface area is 104 Å². The number of aromatic nitrogens is 1. The predicted molar refractivity (Wildman–Crippen MR) is 71.1 cm³/mol. The number of nitrogens with zero attached hydrogens (tertiary/aromatic N) is 1. The maximum absolute atomic E-state index is 5.51. The van der Waals surface area contributed by atoms with E-state index in [9.17, 15) is 0 Å². The molecule has 0 atom stereocenters. The second-order valence-electron chi connectivity index (χ2n) is 5.03. The Morgan fingerprint density at radius 3 is 2.88 bits per heavy atom. The lowest BCUT2D eigenvalue weighted by atomic mass is 10.1. The summed E-state index contributed by atoms with van der Waals surface area (Å²) in [7, 11) is 0. The lowest BCUT2D eigenvalue weighted by Gasteiger charge is -2.20. The summed E-state index contributed by atoms with van der Waals surface area (Å²) in [5, 5.41) is 3.43. The van der Waals surface area contributed by atoms with E-state index in [0.717, 1.165) is 13.0 Å². The summed E-state index contributed by atoms with van der Waals surface area (Å²) < 4.78 is 5.51. The van der Waals surface area contributed by atoms with Crippen LogP contribution in [0, 0.1) is 0 Å². The molecule has 0 fully saturated rings. The van der Waals surface area contributed by atoms with Crippen LogP contribution in [-0.4, -0.2) is 17.1 Å². The second-order valence-corrected chi connectivity index (χ2v) is 5.03. The van der Waals surface area contributed by atoms with Crippen molar-refractivity contribution in [1.82, 2.24) is 10.3 Å². The molecule has 0 amide bonds. The Hall–Kier alpha value is -1.35. The molecular weight excluding hydrogens is 212 g/mol. The lowest BCUT2D eigenvalue weighted by molar-refractivity contribution is 0.311. The number of pyridine rings is 1. The monoisotopic (exact) mass is 234 g/mol. The zero-order valence-electron chi connectivity index (χ0n) is 11.0. The molecule has 0 radical (unpaired) electrons. The van der Waals surface area contributed by atoms with Crippen molar-refractivity contribution in [1.29, 1.82) is 0 Å². The van der Waals surface area contributed by atoms with Crippen LogP contribution in [0.5, 0.6) is 5.88 Å². The first-order valence-electron chi connectivity index (χ1n) is 5.95. The van der Waals surface area contributed by atoms with Crippen LogP contribution in [-0.2, 0) is 6.54 Å². The number of rotatable bonds is 6. The van der Waals surface area contributed by atoms with E-state index >= 15 is 0 Å². The Morgan fingerprint density at radius 1 is 1.47 bits per heavy atom. The molecule has 0 aliphatic carbocycles. The SMILES string of the molecule is C=CCCOc1cc(CNC(C)(C)C)ccn1. The third kappa shape index (κ3) is 6.07. The minimum atomic E-state index is 0.118. The van der Waals surface area contributed by atoms with Gasteiger partial charge in [-0.15, -0.1) is 6.58 Å². The second kappa shape index (κ2) is 6.40. The summed E-state index contributed by atoms with van der Waals surface area (Å²) in [6.07, 6.45) is 4.46. The zero-order valence-corrected chi connectivity index (χ0v) is 11.0. The summed E-state index contributed by atoms with van der Waals surface area (Å²) in [5.74, 6) is 0.681. The lowest BCUT2D eigenvalue weighted by Crippen LogP contribution is -2.35. The van der Waals surface area contributed by atoms with Gasteiger partial charge < -0.3 is 10.1 Å². The molecule has 0 saturated carbocycles. The molecule has 0 aliphatic heterocycles. The highest BCUT2D eigenvalue weighted by Crippen LogP contribution is 2.11. The first-order chi connectivity index (χ1) is 8.01. The topological polar surface area (TPSA) is 34.1 Å². The highest BCUT2D eigenvalue weighted by Gasteiger charge is 2.08. The van der Waals surface area contributed by atoms with E-state index in [4.69, 9.17) is 4.74 Å². The van der Waals surface area contributed by atoms with Crippen molar-refractivity contribution < 1.29 is 4.74 Å². The number of nitrogens with one attached hydrogen (secondary N) is 1. The van der Waals surface area contributed by atoms with E-state index in [1.54, 1.807) is 6.20 Å². The molecule has 1 aromatic rings. The molecule has 94 valence electrons. The molecular formula is C14H22N2O. The highest BCUT2D eigenvalue weighted by atomic mass is 16.5. The molecule has 0 spiro atoms. The van der Waals surface area contributed by atoms with E-state index in [1.165, 1.54) is 5.56 Å². The van der Waals surface area contributed by atoms with Crippen LogP contribution >= 0.6 is 0 Å². The molecule has 0 aromatic carbocycles. The van der Waals surface area contributed by atoms with E-state index in [0.29, 0.717) is 12.5 Å². The Bertz CT molecular complexity index is 355. The number of hydrogen-bond donors (Lipinski definition) is 1. The summed E-state index contributed by atoms with van der Waals surface area (Å²) in [6, 6.07) is 3.97. The third-order valence-electron chi connectivity index (χ3n) is 2.19. The standard InChI is InChI=1S/C14H22N2O/c1-5-6-9-17-13-10-12(7-8-15-13)11-16-14(2,3)4/h5,7-8,10,16H,1,6,9,11H2,2-4H3. The third-order valence-corrected chi connectivity index (χ3v) is 2.19. The van der Waals surface area contributed by atoms with Gasteiger partial charge in [0, 0.05) is 24.3 Å². The highest BCUT2D eigenvalue weighted by molar-refractivity contribution is 5.20. The van der Waals surface area contributed by atoms with E-state index in [2.05, 4.69) is 37.7 Å². The summed E-state index contributed by atoms with van der Waals surface area (Å²) in [6.45, 7) is 11.6. The fraction of sp³-hybridized carbons (Fsp3) is 0.500. The van der Waals surface area contributed by atoms with Crippen LogP contribution in [0.2, 0.25) is 0 Å². The molecule has 3 nitrogen and oxygen atoms in total. The minimum absolute atomic E-state index is 0.118. The number of ether oxygens (including phenoxy) is 1. The fourth-order valence-corrected chi connectivity index (χ4v) is 1.25. The van der Waals surface area contributed by atoms with Crippen molar-refractivity contribution in [2.75, 3.05) is 6.61 Å². The summed E-state index contributed by atoms with van der Waals surface area (Å²) in [4.78, 5) is 4.17. The van der Waals surface area contributed by atoms with Crippen molar-refractivity contribution >= 4 is 0 Å². The van der Waals surface area contributed by atoms with Gasteiger partial charge in [0.25, 0.3) is 0 Å². The van der Waals surface area contributed by atoms with Gasteiger partial charge in [-0.1, -0.05) is 6.08 Å². The van der Waals surface area contributed by atoms with Gasteiger partial charge in [-0.05, 0) is 38.8 Å². The van der Waals surface area contributed by atoms with Gasteiger partial charge in [0.15, 0.2) is 0 Å². The molecule has 1 heterocycles. The molecule has 0 unspecified atom stereocenters. The van der Waals surface area contributed by atoms with Crippen molar-refractivity contribution in [3.63, 3.8) is 0 Å². The van der Waals surface area contributed by atoms with Crippen molar-refractivity contribution in [3.05, 3.63) is 36.5 Å². The van der Waals surface area contributed by atoms with Crippen molar-refractivity contribution in [3.8, 4) is 5.88 Å². The van der Waals surface area contributed by atoms with Crippen LogP contribution in [0.3, 0.4) is 0 Å². The molecule has 3 heteroatoms. The van der Waals surface area contributed by atoms with Gasteiger partial charge >= 0.3 is 0 Å². The normalized spacial score (nSPS) is 11.2. The van der Waals surface area contributed by atoms with Gasteiger partial charge in [0.1, 0.15) is 0 Å². The molecule has 1 N–H and O–H groups in total. The molecule has 0 aliphatic rings. The Balaban J connectivity index is 2.50. The van der Waals surface area contributed by atoms with Gasteiger partial charge in [-0.3, -0.25) is 0 Å². The zero-order chi connectivity index (χ0) is 12.7. The van der Waals surface area contributed by atoms with Crippen LogP contribution in [0.4, 0.5) is 0 Å². The van der Waals surface area contributed by atoms with Crippen molar-refractivity contribution in [2.45, 2.75) is 39.3 Å².